The Kier molecular flexibility index (Phi) is 3.06. The molecule has 0 spiro atoms. The maximum atomic E-state index is 12.1. The fraction of sp³-hybridized carbons (Fsp3) is 0.200. The number of aromatic amines is 1. The van der Waals surface area contributed by atoms with E-state index < -0.39 is 16.0 Å². The van der Waals surface area contributed by atoms with Gasteiger partial charge in [-0.05, 0) is 19.1 Å². The van der Waals surface area contributed by atoms with E-state index in [1.165, 1.54) is 30.1 Å². The fourth-order valence-corrected chi connectivity index (χ4v) is 2.85. The molecule has 0 radical (unpaired) electrons. The number of rotatable bonds is 4. The lowest BCUT2D eigenvalue weighted by Gasteiger charge is -2.07. The summed E-state index contributed by atoms with van der Waals surface area (Å²) in [7, 11) is -2.40. The van der Waals surface area contributed by atoms with E-state index in [4.69, 9.17) is 5.11 Å². The van der Waals surface area contributed by atoms with Gasteiger partial charge in [0.25, 0.3) is 10.0 Å². The van der Waals surface area contributed by atoms with Crippen LogP contribution in [0.25, 0.3) is 0 Å². The van der Waals surface area contributed by atoms with Gasteiger partial charge in [0.2, 0.25) is 0 Å². The minimum atomic E-state index is -3.88. The smallest absolute Gasteiger partial charge is 0.354 e. The zero-order valence-corrected chi connectivity index (χ0v) is 11.0. The standard InChI is InChI=1S/C10H12N4O4S/c1-6-5-7(9(12-6)10(15)16)13-19(17,18)8-3-4-11-14(8)2/h3-5,12-13H,1-2H3,(H,15,16). The molecule has 0 aliphatic heterocycles. The summed E-state index contributed by atoms with van der Waals surface area (Å²) in [6, 6.07) is 2.74. The van der Waals surface area contributed by atoms with E-state index in [0.29, 0.717) is 5.69 Å². The second-order valence-corrected chi connectivity index (χ2v) is 5.57. The molecule has 2 aromatic rings. The van der Waals surface area contributed by atoms with Crippen LogP contribution in [0.15, 0.2) is 23.4 Å². The fourth-order valence-electron chi connectivity index (χ4n) is 1.66. The first-order chi connectivity index (χ1) is 8.81. The Labute approximate surface area is 109 Å². The number of H-pyrrole nitrogens is 1. The van der Waals surface area contributed by atoms with Gasteiger partial charge in [0.15, 0.2) is 5.03 Å². The molecule has 2 heterocycles. The van der Waals surface area contributed by atoms with Crippen molar-refractivity contribution in [1.82, 2.24) is 14.8 Å². The van der Waals surface area contributed by atoms with Crippen molar-refractivity contribution in [2.45, 2.75) is 11.9 Å². The number of anilines is 1. The number of sulfonamides is 1. The summed E-state index contributed by atoms with van der Waals surface area (Å²) in [5.41, 5.74) is 0.328. The molecule has 0 amide bonds. The van der Waals surface area contributed by atoms with Crippen molar-refractivity contribution < 1.29 is 18.3 Å². The Morgan fingerprint density at radius 1 is 1.53 bits per heavy atom. The lowest BCUT2D eigenvalue weighted by Crippen LogP contribution is -2.18. The van der Waals surface area contributed by atoms with Gasteiger partial charge in [-0.15, -0.1) is 0 Å². The quantitative estimate of drug-likeness (QED) is 0.758. The van der Waals surface area contributed by atoms with Crippen LogP contribution < -0.4 is 4.72 Å². The summed E-state index contributed by atoms with van der Waals surface area (Å²) in [6.45, 7) is 1.63. The first-order valence-electron chi connectivity index (χ1n) is 5.25. The van der Waals surface area contributed by atoms with E-state index in [1.54, 1.807) is 6.92 Å². The van der Waals surface area contributed by atoms with Crippen molar-refractivity contribution in [3.8, 4) is 0 Å². The molecule has 0 unspecified atom stereocenters. The van der Waals surface area contributed by atoms with Crippen molar-refractivity contribution in [3.63, 3.8) is 0 Å². The number of aromatic nitrogens is 3. The van der Waals surface area contributed by atoms with Gasteiger partial charge in [0, 0.05) is 12.7 Å². The number of hydrogen-bond donors (Lipinski definition) is 3. The van der Waals surface area contributed by atoms with Gasteiger partial charge in [-0.3, -0.25) is 9.40 Å². The molecule has 0 aromatic carbocycles. The SMILES string of the molecule is Cc1cc(NS(=O)(=O)c2ccnn2C)c(C(=O)O)[nH]1. The minimum Gasteiger partial charge on any atom is -0.477 e. The van der Waals surface area contributed by atoms with E-state index in [0.717, 1.165) is 0 Å². The third kappa shape index (κ3) is 2.45. The predicted octanol–water partition coefficient (Wildman–Crippen LogP) is 0.556. The van der Waals surface area contributed by atoms with E-state index in [1.807, 2.05) is 0 Å². The van der Waals surface area contributed by atoms with Gasteiger partial charge in [-0.25, -0.2) is 4.79 Å². The highest BCUT2D eigenvalue weighted by molar-refractivity contribution is 7.92. The predicted molar refractivity (Wildman–Crippen MR) is 66.5 cm³/mol. The van der Waals surface area contributed by atoms with Gasteiger partial charge in [-0.1, -0.05) is 0 Å². The Morgan fingerprint density at radius 3 is 2.74 bits per heavy atom. The Bertz CT molecular complexity index is 729. The third-order valence-corrected chi connectivity index (χ3v) is 3.90. The second kappa shape index (κ2) is 4.43. The Hall–Kier alpha value is -2.29. The molecule has 0 bridgehead atoms. The summed E-state index contributed by atoms with van der Waals surface area (Å²) >= 11 is 0. The van der Waals surface area contributed by atoms with Gasteiger partial charge < -0.3 is 10.1 Å². The van der Waals surface area contributed by atoms with Crippen molar-refractivity contribution in [1.29, 1.82) is 0 Å². The number of aromatic carboxylic acids is 1. The maximum Gasteiger partial charge on any atom is 0.354 e. The van der Waals surface area contributed by atoms with Crippen LogP contribution in [-0.2, 0) is 17.1 Å². The second-order valence-electron chi connectivity index (χ2n) is 3.94. The molecule has 0 aliphatic rings. The average Bonchev–Trinajstić information content (AvgIpc) is 2.84. The number of nitrogens with one attached hydrogen (secondary N) is 2. The molecule has 0 atom stereocenters. The summed E-state index contributed by atoms with van der Waals surface area (Å²) in [5.74, 6) is -1.24. The van der Waals surface area contributed by atoms with Gasteiger partial charge in [-0.2, -0.15) is 13.5 Å². The van der Waals surface area contributed by atoms with E-state index in [9.17, 15) is 13.2 Å². The molecule has 0 saturated carbocycles. The van der Waals surface area contributed by atoms with Crippen LogP contribution in [0.3, 0.4) is 0 Å². The van der Waals surface area contributed by atoms with Gasteiger partial charge in [0.1, 0.15) is 5.69 Å². The molecular formula is C10H12N4O4S. The van der Waals surface area contributed by atoms with Crippen LogP contribution in [0, 0.1) is 6.92 Å². The molecule has 19 heavy (non-hydrogen) atoms. The van der Waals surface area contributed by atoms with Crippen LogP contribution in [-0.4, -0.2) is 34.3 Å². The van der Waals surface area contributed by atoms with Crippen molar-refractivity contribution in [3.05, 3.63) is 29.7 Å². The molecule has 9 heteroatoms. The summed E-state index contributed by atoms with van der Waals surface area (Å²) in [6.07, 6.45) is 1.34. The number of nitrogens with zero attached hydrogens (tertiary/aromatic N) is 2. The van der Waals surface area contributed by atoms with E-state index in [-0.39, 0.29) is 16.4 Å². The lowest BCUT2D eigenvalue weighted by atomic mass is 10.4. The van der Waals surface area contributed by atoms with Crippen LogP contribution in [0.4, 0.5) is 5.69 Å². The zero-order valence-electron chi connectivity index (χ0n) is 10.2. The average molecular weight is 284 g/mol. The van der Waals surface area contributed by atoms with Crippen LogP contribution >= 0.6 is 0 Å². The molecule has 0 saturated heterocycles. The summed E-state index contributed by atoms with van der Waals surface area (Å²) < 4.78 is 27.6. The monoisotopic (exact) mass is 284 g/mol. The molecule has 3 N–H and O–H groups in total. The molecule has 0 fully saturated rings. The number of carbonyl (C=O) groups is 1. The normalized spacial score (nSPS) is 11.5. The molecular weight excluding hydrogens is 272 g/mol. The molecule has 8 nitrogen and oxygen atoms in total. The van der Waals surface area contributed by atoms with Crippen molar-refractivity contribution in [2.24, 2.45) is 7.05 Å². The zero-order chi connectivity index (χ0) is 14.2. The highest BCUT2D eigenvalue weighted by Crippen LogP contribution is 2.20. The first kappa shape index (κ1) is 13.1. The molecule has 102 valence electrons. The highest BCUT2D eigenvalue weighted by Gasteiger charge is 2.22. The summed E-state index contributed by atoms with van der Waals surface area (Å²) in [5, 5.41) is 12.7. The lowest BCUT2D eigenvalue weighted by molar-refractivity contribution is 0.0692. The molecule has 2 aromatic heterocycles. The topological polar surface area (TPSA) is 117 Å². The minimum absolute atomic E-state index is 0.00815. The Morgan fingerprint density at radius 2 is 2.21 bits per heavy atom. The highest BCUT2D eigenvalue weighted by atomic mass is 32.2. The van der Waals surface area contributed by atoms with Crippen LogP contribution in [0.5, 0.6) is 0 Å². The van der Waals surface area contributed by atoms with Gasteiger partial charge >= 0.3 is 5.97 Å². The van der Waals surface area contributed by atoms with E-state index in [2.05, 4.69) is 14.8 Å². The number of carboxylic acid groups (broad SMARTS) is 1. The number of aryl methyl sites for hydroxylation is 2. The van der Waals surface area contributed by atoms with Gasteiger partial charge in [0.05, 0.1) is 11.9 Å². The van der Waals surface area contributed by atoms with E-state index >= 15 is 0 Å². The molecule has 2 rings (SSSR count). The maximum absolute atomic E-state index is 12.1. The first-order valence-corrected chi connectivity index (χ1v) is 6.73. The Balaban J connectivity index is 2.42. The van der Waals surface area contributed by atoms with Crippen molar-refractivity contribution in [2.75, 3.05) is 4.72 Å². The molecule has 0 aliphatic carbocycles. The van der Waals surface area contributed by atoms with Crippen LogP contribution in [0.1, 0.15) is 16.2 Å². The number of hydrogen-bond acceptors (Lipinski definition) is 4. The summed E-state index contributed by atoms with van der Waals surface area (Å²) in [4.78, 5) is 13.6. The number of carboxylic acids is 1. The van der Waals surface area contributed by atoms with Crippen LogP contribution in [0.2, 0.25) is 0 Å². The third-order valence-electron chi connectivity index (χ3n) is 2.46. The largest absolute Gasteiger partial charge is 0.477 e. The van der Waals surface area contributed by atoms with Crippen molar-refractivity contribution >= 4 is 21.7 Å².